The van der Waals surface area contributed by atoms with Crippen LogP contribution >= 0.6 is 11.6 Å². The van der Waals surface area contributed by atoms with Crippen molar-refractivity contribution in [2.75, 3.05) is 5.32 Å². The fourth-order valence-corrected chi connectivity index (χ4v) is 4.44. The summed E-state index contributed by atoms with van der Waals surface area (Å²) < 4.78 is 40.0. The number of benzene rings is 2. The number of nitrogens with one attached hydrogen (secondary N) is 2. The van der Waals surface area contributed by atoms with E-state index >= 15 is 0 Å². The van der Waals surface area contributed by atoms with E-state index in [0.29, 0.717) is 22.2 Å². The predicted molar refractivity (Wildman–Crippen MR) is 124 cm³/mol. The molecule has 0 unspecified atom stereocenters. The number of urea groups is 1. The van der Waals surface area contributed by atoms with Crippen LogP contribution < -0.4 is 10.6 Å². The zero-order chi connectivity index (χ0) is 24.3. The maximum absolute atomic E-state index is 12.7. The predicted octanol–water partition coefficient (Wildman–Crippen LogP) is 6.31. The summed E-state index contributed by atoms with van der Waals surface area (Å²) in [5, 5.41) is 16.2. The van der Waals surface area contributed by atoms with E-state index in [1.165, 1.54) is 12.1 Å². The molecule has 1 saturated carbocycles. The molecule has 0 bridgehead atoms. The van der Waals surface area contributed by atoms with E-state index in [1.54, 1.807) is 30.7 Å². The van der Waals surface area contributed by atoms with Gasteiger partial charge in [-0.05, 0) is 74.1 Å². The molecule has 180 valence electrons. The Morgan fingerprint density at radius 3 is 2.50 bits per heavy atom. The van der Waals surface area contributed by atoms with E-state index in [2.05, 4.69) is 15.6 Å². The van der Waals surface area contributed by atoms with Crippen molar-refractivity contribution in [3.05, 3.63) is 65.6 Å². The van der Waals surface area contributed by atoms with Crippen LogP contribution in [0.2, 0.25) is 5.02 Å². The molecule has 1 aromatic heterocycles. The number of aromatic nitrogens is 2. The Hall–Kier alpha value is -3.20. The first-order valence-corrected chi connectivity index (χ1v) is 11.3. The Morgan fingerprint density at radius 2 is 1.82 bits per heavy atom. The lowest BCUT2D eigenvalue weighted by atomic mass is 9.86. The van der Waals surface area contributed by atoms with Crippen LogP contribution in [0.25, 0.3) is 11.3 Å². The summed E-state index contributed by atoms with van der Waals surface area (Å²) in [4.78, 5) is 16.5. The van der Waals surface area contributed by atoms with Crippen molar-refractivity contribution < 1.29 is 23.1 Å². The molecule has 3 aromatic rings. The van der Waals surface area contributed by atoms with Gasteiger partial charge >= 0.3 is 12.2 Å². The van der Waals surface area contributed by atoms with Crippen LogP contribution in [0, 0.1) is 5.92 Å². The average molecular weight is 493 g/mol. The molecule has 1 aliphatic rings. The quantitative estimate of drug-likeness (QED) is 0.390. The molecular formula is C24H24ClF3N4O2. The molecule has 1 heterocycles. The van der Waals surface area contributed by atoms with Crippen molar-refractivity contribution in [3.63, 3.8) is 0 Å². The van der Waals surface area contributed by atoms with E-state index < -0.39 is 17.8 Å². The third-order valence-corrected chi connectivity index (χ3v) is 6.29. The Balaban J connectivity index is 1.28. The van der Waals surface area contributed by atoms with Crippen LogP contribution in [0.3, 0.4) is 0 Å². The SMILES string of the molecule is O=C(Nc1ccc(C(F)(F)F)cc1)N[C@H]1CC[C@@H](Cn2cncc2-c2cc(Cl)ccc2O)CC1. The molecule has 3 N–H and O–H groups in total. The van der Waals surface area contributed by atoms with Crippen LogP contribution in [0.15, 0.2) is 55.0 Å². The number of phenols is 1. The molecule has 1 aliphatic carbocycles. The summed E-state index contributed by atoms with van der Waals surface area (Å²) in [6.07, 6.45) is 2.39. The molecular weight excluding hydrogens is 469 g/mol. The lowest BCUT2D eigenvalue weighted by Gasteiger charge is -2.29. The lowest BCUT2D eigenvalue weighted by molar-refractivity contribution is -0.137. The first-order chi connectivity index (χ1) is 16.2. The van der Waals surface area contributed by atoms with Crippen LogP contribution in [-0.4, -0.2) is 26.7 Å². The van der Waals surface area contributed by atoms with Gasteiger partial charge in [-0.15, -0.1) is 0 Å². The van der Waals surface area contributed by atoms with E-state index in [9.17, 15) is 23.1 Å². The molecule has 0 aliphatic heterocycles. The number of phenolic OH excluding ortho intramolecular Hbond substituents is 1. The zero-order valence-corrected chi connectivity index (χ0v) is 18.9. The number of aromatic hydroxyl groups is 1. The third-order valence-electron chi connectivity index (χ3n) is 6.05. The molecule has 6 nitrogen and oxygen atoms in total. The monoisotopic (exact) mass is 492 g/mol. The Bertz CT molecular complexity index is 1140. The fraction of sp³-hybridized carbons (Fsp3) is 0.333. The van der Waals surface area contributed by atoms with Crippen molar-refractivity contribution in [2.24, 2.45) is 5.92 Å². The van der Waals surface area contributed by atoms with E-state index in [0.717, 1.165) is 50.1 Å². The molecule has 1 fully saturated rings. The van der Waals surface area contributed by atoms with E-state index in [1.807, 2.05) is 4.57 Å². The summed E-state index contributed by atoms with van der Waals surface area (Å²) in [6.45, 7) is 0.728. The van der Waals surface area contributed by atoms with Gasteiger partial charge in [0.2, 0.25) is 0 Å². The molecule has 2 amide bonds. The van der Waals surface area contributed by atoms with Gasteiger partial charge < -0.3 is 20.3 Å². The molecule has 0 atom stereocenters. The number of halogens is 4. The summed E-state index contributed by atoms with van der Waals surface area (Å²) >= 11 is 6.09. The van der Waals surface area contributed by atoms with Crippen LogP contribution in [0.4, 0.5) is 23.7 Å². The number of nitrogens with zero attached hydrogens (tertiary/aromatic N) is 2. The van der Waals surface area contributed by atoms with Crippen LogP contribution in [0.5, 0.6) is 5.75 Å². The van der Waals surface area contributed by atoms with Gasteiger partial charge in [0.1, 0.15) is 5.75 Å². The van der Waals surface area contributed by atoms with Crippen molar-refractivity contribution in [2.45, 2.75) is 44.4 Å². The van der Waals surface area contributed by atoms with Gasteiger partial charge in [0.05, 0.1) is 23.8 Å². The second-order valence-electron chi connectivity index (χ2n) is 8.48. The second-order valence-corrected chi connectivity index (χ2v) is 8.92. The number of hydrogen-bond donors (Lipinski definition) is 3. The normalized spacial score (nSPS) is 18.5. The second kappa shape index (κ2) is 9.97. The van der Waals surface area contributed by atoms with Crippen LogP contribution in [-0.2, 0) is 12.7 Å². The number of anilines is 1. The highest BCUT2D eigenvalue weighted by Crippen LogP contribution is 2.33. The molecule has 10 heteroatoms. The maximum Gasteiger partial charge on any atom is 0.416 e. The van der Waals surface area contributed by atoms with E-state index in [4.69, 9.17) is 11.6 Å². The van der Waals surface area contributed by atoms with Crippen molar-refractivity contribution >= 4 is 23.3 Å². The van der Waals surface area contributed by atoms with Gasteiger partial charge in [-0.1, -0.05) is 11.6 Å². The topological polar surface area (TPSA) is 79.2 Å². The Labute approximate surface area is 199 Å². The molecule has 4 rings (SSSR count). The van der Waals surface area contributed by atoms with Gasteiger partial charge in [0.15, 0.2) is 0 Å². The zero-order valence-electron chi connectivity index (χ0n) is 18.1. The minimum Gasteiger partial charge on any atom is -0.507 e. The van der Waals surface area contributed by atoms with Gasteiger partial charge in [-0.25, -0.2) is 9.78 Å². The molecule has 2 aromatic carbocycles. The number of carbonyl (C=O) groups is 1. The molecule has 0 saturated heterocycles. The van der Waals surface area contributed by atoms with Crippen LogP contribution in [0.1, 0.15) is 31.2 Å². The minimum absolute atomic E-state index is 0.00932. The number of rotatable bonds is 5. The Morgan fingerprint density at radius 1 is 1.12 bits per heavy atom. The van der Waals surface area contributed by atoms with Gasteiger partial charge in [0.25, 0.3) is 0 Å². The number of hydrogen-bond acceptors (Lipinski definition) is 3. The minimum atomic E-state index is -4.41. The fourth-order valence-electron chi connectivity index (χ4n) is 4.27. The highest BCUT2D eigenvalue weighted by atomic mass is 35.5. The Kier molecular flexibility index (Phi) is 7.02. The van der Waals surface area contributed by atoms with Gasteiger partial charge in [-0.3, -0.25) is 0 Å². The number of amides is 2. The summed E-state index contributed by atoms with van der Waals surface area (Å²) in [5.74, 6) is 0.517. The van der Waals surface area contributed by atoms with Crippen molar-refractivity contribution in [3.8, 4) is 17.0 Å². The van der Waals surface area contributed by atoms with Crippen molar-refractivity contribution in [1.82, 2.24) is 14.9 Å². The largest absolute Gasteiger partial charge is 0.507 e. The summed E-state index contributed by atoms with van der Waals surface area (Å²) in [6, 6.07) is 8.80. The summed E-state index contributed by atoms with van der Waals surface area (Å²) in [5.41, 5.74) is 0.955. The number of carbonyl (C=O) groups excluding carboxylic acids is 1. The number of alkyl halides is 3. The first-order valence-electron chi connectivity index (χ1n) is 10.9. The lowest BCUT2D eigenvalue weighted by Crippen LogP contribution is -2.40. The average Bonchev–Trinajstić information content (AvgIpc) is 3.24. The third kappa shape index (κ3) is 5.83. The molecule has 0 radical (unpaired) electrons. The van der Waals surface area contributed by atoms with Gasteiger partial charge in [-0.2, -0.15) is 13.2 Å². The first kappa shape index (κ1) is 23.9. The van der Waals surface area contributed by atoms with Crippen molar-refractivity contribution in [1.29, 1.82) is 0 Å². The molecule has 0 spiro atoms. The van der Waals surface area contributed by atoms with Gasteiger partial charge in [0, 0.05) is 28.9 Å². The maximum atomic E-state index is 12.7. The standard InChI is InChI=1S/C24H24ClF3N4O2/c25-17-5-10-22(33)20(11-17)21-12-29-14-32(21)13-15-1-6-18(7-2-15)30-23(34)31-19-8-3-16(4-9-19)24(26,27)28/h3-5,8-12,14-15,18,33H,1-2,6-7,13H2,(H2,30,31,34)/t15-,18+. The number of imidazole rings is 1. The highest BCUT2D eigenvalue weighted by molar-refractivity contribution is 6.30. The van der Waals surface area contributed by atoms with E-state index in [-0.39, 0.29) is 11.8 Å². The highest BCUT2D eigenvalue weighted by Gasteiger charge is 2.30. The smallest absolute Gasteiger partial charge is 0.416 e. The summed E-state index contributed by atoms with van der Waals surface area (Å²) in [7, 11) is 0. The molecule has 34 heavy (non-hydrogen) atoms.